The van der Waals surface area contributed by atoms with E-state index in [4.69, 9.17) is 10.3 Å². The first-order chi connectivity index (χ1) is 5.25. The number of nitrogens with zero attached hydrogens (tertiary/aromatic N) is 2. The van der Waals surface area contributed by atoms with E-state index in [9.17, 15) is 4.79 Å². The van der Waals surface area contributed by atoms with Crippen LogP contribution in [0.4, 0.5) is 5.82 Å². The van der Waals surface area contributed by atoms with Crippen molar-refractivity contribution in [2.24, 2.45) is 0 Å². The molecule has 58 valence electrons. The van der Waals surface area contributed by atoms with Gasteiger partial charge in [0.1, 0.15) is 5.56 Å². The van der Waals surface area contributed by atoms with Crippen LogP contribution in [0, 0.1) is 0 Å². The Morgan fingerprint density at radius 3 is 2.82 bits per heavy atom. The van der Waals surface area contributed by atoms with Crippen LogP contribution >= 0.6 is 0 Å². The van der Waals surface area contributed by atoms with Crippen molar-refractivity contribution in [2.75, 3.05) is 5.48 Å². The highest BCUT2D eigenvalue weighted by Crippen LogP contribution is 2.07. The Bertz CT molecular complexity index is 275. The zero-order chi connectivity index (χ0) is 8.27. The van der Waals surface area contributed by atoms with Crippen molar-refractivity contribution >= 4 is 11.8 Å². The first-order valence-corrected chi connectivity index (χ1v) is 2.71. The number of anilines is 1. The second-order valence-electron chi connectivity index (χ2n) is 1.71. The van der Waals surface area contributed by atoms with Crippen molar-refractivity contribution in [2.45, 2.75) is 0 Å². The van der Waals surface area contributed by atoms with Crippen LogP contribution < -0.4 is 5.48 Å². The van der Waals surface area contributed by atoms with Gasteiger partial charge in [0.05, 0.1) is 6.20 Å². The summed E-state index contributed by atoms with van der Waals surface area (Å²) in [5, 5.41) is 23.5. The standard InChI is InChI=1S/C5H5N3O3/c9-5(10)3-1-2-6-7-4(3)8-11/h1-2,11H,(H,7,8)(H,9,10). The molecular formula is C5H5N3O3. The molecule has 0 aliphatic rings. The first-order valence-electron chi connectivity index (χ1n) is 2.71. The molecule has 11 heavy (non-hydrogen) atoms. The number of aromatic carboxylic acids is 1. The van der Waals surface area contributed by atoms with Crippen molar-refractivity contribution in [3.8, 4) is 0 Å². The highest BCUT2D eigenvalue weighted by molar-refractivity contribution is 5.92. The molecule has 0 bridgehead atoms. The van der Waals surface area contributed by atoms with Crippen molar-refractivity contribution in [1.29, 1.82) is 0 Å². The van der Waals surface area contributed by atoms with Crippen LogP contribution in [-0.2, 0) is 0 Å². The second-order valence-corrected chi connectivity index (χ2v) is 1.71. The predicted octanol–water partition coefficient (Wildman–Crippen LogP) is -0.0241. The maximum Gasteiger partial charge on any atom is 0.339 e. The lowest BCUT2D eigenvalue weighted by atomic mass is 10.3. The third kappa shape index (κ3) is 1.41. The fraction of sp³-hybridized carbons (Fsp3) is 0. The Labute approximate surface area is 61.5 Å². The Morgan fingerprint density at radius 2 is 2.36 bits per heavy atom. The molecule has 0 aliphatic heterocycles. The monoisotopic (exact) mass is 155 g/mol. The van der Waals surface area contributed by atoms with E-state index < -0.39 is 5.97 Å². The number of carboxylic acid groups (broad SMARTS) is 1. The third-order valence-corrected chi connectivity index (χ3v) is 1.06. The van der Waals surface area contributed by atoms with Crippen molar-refractivity contribution in [3.63, 3.8) is 0 Å². The minimum atomic E-state index is -1.17. The van der Waals surface area contributed by atoms with Crippen LogP contribution in [-0.4, -0.2) is 26.5 Å². The highest BCUT2D eigenvalue weighted by atomic mass is 16.5. The van der Waals surface area contributed by atoms with Gasteiger partial charge in [-0.15, -0.1) is 5.10 Å². The molecule has 0 aliphatic carbocycles. The van der Waals surface area contributed by atoms with E-state index in [1.165, 1.54) is 12.3 Å². The molecule has 0 saturated heterocycles. The highest BCUT2D eigenvalue weighted by Gasteiger charge is 2.09. The van der Waals surface area contributed by atoms with Gasteiger partial charge in [-0.25, -0.2) is 10.3 Å². The van der Waals surface area contributed by atoms with E-state index in [1.807, 2.05) is 0 Å². The van der Waals surface area contributed by atoms with Gasteiger partial charge in [0.15, 0.2) is 5.82 Å². The molecule has 0 radical (unpaired) electrons. The number of hydrogen-bond donors (Lipinski definition) is 3. The van der Waals surface area contributed by atoms with E-state index in [0.29, 0.717) is 0 Å². The molecule has 1 heterocycles. The quantitative estimate of drug-likeness (QED) is 0.519. The fourth-order valence-electron chi connectivity index (χ4n) is 0.587. The summed E-state index contributed by atoms with van der Waals surface area (Å²) in [5.41, 5.74) is 1.50. The number of hydrogen-bond acceptors (Lipinski definition) is 5. The van der Waals surface area contributed by atoms with Gasteiger partial charge in [-0.3, -0.25) is 5.21 Å². The maximum atomic E-state index is 10.4. The summed E-state index contributed by atoms with van der Waals surface area (Å²) in [4.78, 5) is 10.4. The summed E-state index contributed by atoms with van der Waals surface area (Å²) in [6.45, 7) is 0. The predicted molar refractivity (Wildman–Crippen MR) is 34.4 cm³/mol. The van der Waals surface area contributed by atoms with Crippen LogP contribution in [0.3, 0.4) is 0 Å². The average Bonchev–Trinajstić information content (AvgIpc) is 2.04. The van der Waals surface area contributed by atoms with E-state index in [1.54, 1.807) is 5.48 Å². The summed E-state index contributed by atoms with van der Waals surface area (Å²) in [7, 11) is 0. The Kier molecular flexibility index (Phi) is 1.98. The normalized spacial score (nSPS) is 9.18. The Hall–Kier alpha value is -1.69. The van der Waals surface area contributed by atoms with Gasteiger partial charge in [0.25, 0.3) is 0 Å². The van der Waals surface area contributed by atoms with E-state index >= 15 is 0 Å². The van der Waals surface area contributed by atoms with Crippen LogP contribution in [0.5, 0.6) is 0 Å². The van der Waals surface area contributed by atoms with Gasteiger partial charge in [-0.05, 0) is 6.07 Å². The van der Waals surface area contributed by atoms with Crippen molar-refractivity contribution in [3.05, 3.63) is 17.8 Å². The number of carboxylic acids is 1. The van der Waals surface area contributed by atoms with Gasteiger partial charge in [-0.2, -0.15) is 5.10 Å². The summed E-state index contributed by atoms with van der Waals surface area (Å²) in [6, 6.07) is 1.23. The molecule has 0 amide bonds. The van der Waals surface area contributed by atoms with Crippen LogP contribution in [0.1, 0.15) is 10.4 Å². The molecule has 3 N–H and O–H groups in total. The topological polar surface area (TPSA) is 95.3 Å². The largest absolute Gasteiger partial charge is 0.478 e. The molecule has 1 aromatic heterocycles. The van der Waals surface area contributed by atoms with Gasteiger partial charge >= 0.3 is 5.97 Å². The molecule has 6 heteroatoms. The zero-order valence-electron chi connectivity index (χ0n) is 5.35. The number of nitrogens with one attached hydrogen (secondary N) is 1. The van der Waals surface area contributed by atoms with E-state index in [2.05, 4.69) is 10.2 Å². The fourth-order valence-corrected chi connectivity index (χ4v) is 0.587. The minimum Gasteiger partial charge on any atom is -0.478 e. The molecule has 6 nitrogen and oxygen atoms in total. The number of aromatic nitrogens is 2. The molecule has 1 rings (SSSR count). The van der Waals surface area contributed by atoms with E-state index in [-0.39, 0.29) is 11.4 Å². The SMILES string of the molecule is O=C(O)c1ccnnc1NO. The summed E-state index contributed by atoms with van der Waals surface area (Å²) in [6.07, 6.45) is 1.23. The molecule has 0 fully saturated rings. The van der Waals surface area contributed by atoms with Gasteiger partial charge in [-0.1, -0.05) is 0 Å². The van der Waals surface area contributed by atoms with Gasteiger partial charge < -0.3 is 5.11 Å². The summed E-state index contributed by atoms with van der Waals surface area (Å²) < 4.78 is 0. The van der Waals surface area contributed by atoms with Gasteiger partial charge in [0, 0.05) is 0 Å². The second kappa shape index (κ2) is 2.93. The lowest BCUT2D eigenvalue weighted by Gasteiger charge is -1.98. The van der Waals surface area contributed by atoms with Crippen LogP contribution in [0.2, 0.25) is 0 Å². The Morgan fingerprint density at radius 1 is 1.64 bits per heavy atom. The third-order valence-electron chi connectivity index (χ3n) is 1.06. The molecule has 0 unspecified atom stereocenters. The number of rotatable bonds is 2. The summed E-state index contributed by atoms with van der Waals surface area (Å²) in [5.74, 6) is -1.34. The lowest BCUT2D eigenvalue weighted by molar-refractivity contribution is 0.0696. The zero-order valence-corrected chi connectivity index (χ0v) is 5.35. The smallest absolute Gasteiger partial charge is 0.339 e. The molecule has 0 atom stereocenters. The molecule has 0 spiro atoms. The molecule has 0 saturated carbocycles. The Balaban J connectivity index is 3.12. The van der Waals surface area contributed by atoms with Crippen molar-refractivity contribution in [1.82, 2.24) is 10.2 Å². The lowest BCUT2D eigenvalue weighted by Crippen LogP contribution is -2.05. The van der Waals surface area contributed by atoms with Crippen molar-refractivity contribution < 1.29 is 15.1 Å². The molecule has 0 aromatic carbocycles. The van der Waals surface area contributed by atoms with Crippen LogP contribution in [0.15, 0.2) is 12.3 Å². The summed E-state index contributed by atoms with van der Waals surface area (Å²) >= 11 is 0. The van der Waals surface area contributed by atoms with E-state index in [0.717, 1.165) is 0 Å². The first kappa shape index (κ1) is 7.42. The average molecular weight is 155 g/mol. The molecule has 1 aromatic rings. The minimum absolute atomic E-state index is 0.123. The van der Waals surface area contributed by atoms with Crippen LogP contribution in [0.25, 0.3) is 0 Å². The number of carbonyl (C=O) groups is 1. The van der Waals surface area contributed by atoms with Gasteiger partial charge in [0.2, 0.25) is 0 Å². The maximum absolute atomic E-state index is 10.4. The molecular weight excluding hydrogens is 150 g/mol.